The third-order valence-corrected chi connectivity index (χ3v) is 4.95. The summed E-state index contributed by atoms with van der Waals surface area (Å²) in [6.45, 7) is 7.26. The predicted octanol–water partition coefficient (Wildman–Crippen LogP) is 3.69. The zero-order valence-corrected chi connectivity index (χ0v) is 16.9. The van der Waals surface area contributed by atoms with Crippen LogP contribution >= 0.6 is 0 Å². The zero-order chi connectivity index (χ0) is 20.1. The first-order chi connectivity index (χ1) is 13.4. The molecule has 1 aliphatic rings. The maximum Gasteiger partial charge on any atom is 0.410 e. The monoisotopic (exact) mass is 382 g/mol. The molecule has 5 nitrogen and oxygen atoms in total. The van der Waals surface area contributed by atoms with Gasteiger partial charge in [0, 0.05) is 19.6 Å². The molecule has 5 heteroatoms. The van der Waals surface area contributed by atoms with E-state index in [0.717, 1.165) is 0 Å². The first kappa shape index (κ1) is 20.4. The number of piperazine rings is 1. The van der Waals surface area contributed by atoms with Crippen LogP contribution in [0.25, 0.3) is 0 Å². The molecule has 2 aromatic rings. The van der Waals surface area contributed by atoms with E-state index < -0.39 is 5.60 Å². The smallest absolute Gasteiger partial charge is 0.410 e. The van der Waals surface area contributed by atoms with Gasteiger partial charge in [0.2, 0.25) is 0 Å². The molecule has 1 saturated heterocycles. The van der Waals surface area contributed by atoms with Gasteiger partial charge in [0.15, 0.2) is 0 Å². The number of carbonyl (C=O) groups is 1. The molecule has 1 aliphatic heterocycles. The average molecular weight is 383 g/mol. The van der Waals surface area contributed by atoms with Crippen LogP contribution in [0.15, 0.2) is 60.7 Å². The Morgan fingerprint density at radius 3 is 2.04 bits per heavy atom. The maximum atomic E-state index is 12.5. The lowest BCUT2D eigenvalue weighted by Gasteiger charge is -2.45. The van der Waals surface area contributed by atoms with Gasteiger partial charge in [0.05, 0.1) is 18.7 Å². The van der Waals surface area contributed by atoms with Gasteiger partial charge in [-0.1, -0.05) is 60.7 Å². The molecule has 0 aromatic heterocycles. The van der Waals surface area contributed by atoms with Crippen LogP contribution in [0.4, 0.5) is 4.79 Å². The van der Waals surface area contributed by atoms with E-state index in [9.17, 15) is 9.90 Å². The Morgan fingerprint density at radius 1 is 1.04 bits per heavy atom. The summed E-state index contributed by atoms with van der Waals surface area (Å²) < 4.78 is 5.52. The van der Waals surface area contributed by atoms with Crippen LogP contribution in [0, 0.1) is 0 Å². The van der Waals surface area contributed by atoms with E-state index >= 15 is 0 Å². The Bertz CT molecular complexity index is 719. The number of ether oxygens (including phenoxy) is 1. The molecular weight excluding hydrogens is 352 g/mol. The van der Waals surface area contributed by atoms with Crippen LogP contribution in [0.3, 0.4) is 0 Å². The number of benzene rings is 2. The highest BCUT2D eigenvalue weighted by Crippen LogP contribution is 2.32. The van der Waals surface area contributed by atoms with Crippen LogP contribution in [-0.4, -0.2) is 58.9 Å². The van der Waals surface area contributed by atoms with Gasteiger partial charge in [-0.3, -0.25) is 4.90 Å². The third-order valence-electron chi connectivity index (χ3n) is 4.95. The van der Waals surface area contributed by atoms with Gasteiger partial charge in [-0.2, -0.15) is 0 Å². The molecular formula is C23H30N2O3. The van der Waals surface area contributed by atoms with Crippen molar-refractivity contribution in [1.82, 2.24) is 9.80 Å². The normalized spacial score (nSPS) is 18.3. The molecule has 0 aliphatic carbocycles. The fourth-order valence-electron chi connectivity index (χ4n) is 3.71. The minimum atomic E-state index is -0.528. The lowest BCUT2D eigenvalue weighted by atomic mass is 9.94. The topological polar surface area (TPSA) is 53.0 Å². The van der Waals surface area contributed by atoms with E-state index in [1.54, 1.807) is 4.90 Å². The first-order valence-electron chi connectivity index (χ1n) is 9.83. The molecule has 0 bridgehead atoms. The lowest BCUT2D eigenvalue weighted by Crippen LogP contribution is -2.57. The summed E-state index contributed by atoms with van der Waals surface area (Å²) in [6.07, 6.45) is -0.318. The van der Waals surface area contributed by atoms with Gasteiger partial charge in [-0.15, -0.1) is 0 Å². The van der Waals surface area contributed by atoms with Gasteiger partial charge < -0.3 is 14.7 Å². The van der Waals surface area contributed by atoms with Crippen LogP contribution < -0.4 is 0 Å². The standard InChI is InChI=1S/C23H30N2O3/c1-23(2,3)28-22(27)24-14-15-25(20(16-24)17-26)21(18-10-6-4-7-11-18)19-12-8-5-9-13-19/h4-13,20-21,26H,14-17H2,1-3H3/t20-/m1/s1. The number of carbonyl (C=O) groups excluding carboxylic acids is 1. The molecule has 1 atom stereocenters. The molecule has 28 heavy (non-hydrogen) atoms. The second-order valence-electron chi connectivity index (χ2n) is 8.22. The molecule has 3 rings (SSSR count). The fraction of sp³-hybridized carbons (Fsp3) is 0.435. The second kappa shape index (κ2) is 8.76. The molecule has 1 fully saturated rings. The number of hydrogen-bond donors (Lipinski definition) is 1. The lowest BCUT2D eigenvalue weighted by molar-refractivity contribution is -0.0115. The van der Waals surface area contributed by atoms with Crippen LogP contribution in [0.2, 0.25) is 0 Å². The van der Waals surface area contributed by atoms with Crippen molar-refractivity contribution in [3.05, 3.63) is 71.8 Å². The van der Waals surface area contributed by atoms with Crippen molar-refractivity contribution in [2.45, 2.75) is 38.5 Å². The number of rotatable bonds is 4. The van der Waals surface area contributed by atoms with E-state index in [2.05, 4.69) is 29.2 Å². The highest BCUT2D eigenvalue weighted by molar-refractivity contribution is 5.68. The van der Waals surface area contributed by atoms with Crippen molar-refractivity contribution in [1.29, 1.82) is 0 Å². The molecule has 2 aromatic carbocycles. The van der Waals surface area contributed by atoms with Crippen LogP contribution in [-0.2, 0) is 4.74 Å². The minimum absolute atomic E-state index is 0.0184. The molecule has 0 saturated carbocycles. The molecule has 0 radical (unpaired) electrons. The average Bonchev–Trinajstić information content (AvgIpc) is 2.69. The third kappa shape index (κ3) is 4.91. The van der Waals surface area contributed by atoms with E-state index in [1.165, 1.54) is 11.1 Å². The summed E-state index contributed by atoms with van der Waals surface area (Å²) in [6, 6.07) is 20.5. The molecule has 1 amide bonds. The predicted molar refractivity (Wildman–Crippen MR) is 110 cm³/mol. The van der Waals surface area contributed by atoms with E-state index in [4.69, 9.17) is 4.74 Å². The fourth-order valence-corrected chi connectivity index (χ4v) is 3.71. The van der Waals surface area contributed by atoms with E-state index in [1.807, 2.05) is 57.2 Å². The van der Waals surface area contributed by atoms with Crippen molar-refractivity contribution in [3.63, 3.8) is 0 Å². The summed E-state index contributed by atoms with van der Waals surface area (Å²) >= 11 is 0. The van der Waals surface area contributed by atoms with Crippen molar-refractivity contribution in [2.75, 3.05) is 26.2 Å². The van der Waals surface area contributed by atoms with Crippen molar-refractivity contribution >= 4 is 6.09 Å². The molecule has 1 N–H and O–H groups in total. The zero-order valence-electron chi connectivity index (χ0n) is 16.9. The molecule has 0 spiro atoms. The largest absolute Gasteiger partial charge is 0.444 e. The maximum absolute atomic E-state index is 12.5. The number of aliphatic hydroxyl groups is 1. The Hall–Kier alpha value is -2.37. The summed E-state index contributed by atoms with van der Waals surface area (Å²) in [5.41, 5.74) is 1.83. The first-order valence-corrected chi connectivity index (χ1v) is 9.83. The molecule has 150 valence electrons. The Morgan fingerprint density at radius 2 is 1.57 bits per heavy atom. The van der Waals surface area contributed by atoms with E-state index in [-0.39, 0.29) is 24.8 Å². The van der Waals surface area contributed by atoms with Crippen molar-refractivity contribution in [2.24, 2.45) is 0 Å². The van der Waals surface area contributed by atoms with Gasteiger partial charge in [-0.25, -0.2) is 4.79 Å². The number of hydrogen-bond acceptors (Lipinski definition) is 4. The number of aliphatic hydroxyl groups excluding tert-OH is 1. The summed E-state index contributed by atoms with van der Waals surface area (Å²) in [5, 5.41) is 10.1. The van der Waals surface area contributed by atoms with Gasteiger partial charge in [-0.05, 0) is 31.9 Å². The van der Waals surface area contributed by atoms with Crippen LogP contribution in [0.1, 0.15) is 37.9 Å². The van der Waals surface area contributed by atoms with Crippen molar-refractivity contribution in [3.8, 4) is 0 Å². The second-order valence-corrected chi connectivity index (χ2v) is 8.22. The number of nitrogens with zero attached hydrogens (tertiary/aromatic N) is 2. The SMILES string of the molecule is CC(C)(C)OC(=O)N1CCN(C(c2ccccc2)c2ccccc2)[C@@H](CO)C1. The minimum Gasteiger partial charge on any atom is -0.444 e. The number of amides is 1. The summed E-state index contributed by atoms with van der Waals surface area (Å²) in [7, 11) is 0. The molecule has 1 heterocycles. The quantitative estimate of drug-likeness (QED) is 0.876. The van der Waals surface area contributed by atoms with E-state index in [0.29, 0.717) is 19.6 Å². The highest BCUT2D eigenvalue weighted by atomic mass is 16.6. The van der Waals surface area contributed by atoms with Gasteiger partial charge in [0.25, 0.3) is 0 Å². The van der Waals surface area contributed by atoms with Gasteiger partial charge >= 0.3 is 6.09 Å². The molecule has 0 unspecified atom stereocenters. The highest BCUT2D eigenvalue weighted by Gasteiger charge is 2.36. The van der Waals surface area contributed by atoms with Crippen LogP contribution in [0.5, 0.6) is 0 Å². The summed E-state index contributed by atoms with van der Waals surface area (Å²) in [4.78, 5) is 16.5. The summed E-state index contributed by atoms with van der Waals surface area (Å²) in [5.74, 6) is 0. The van der Waals surface area contributed by atoms with Gasteiger partial charge in [0.1, 0.15) is 5.60 Å². The Labute approximate surface area is 167 Å². The Balaban J connectivity index is 1.85. The van der Waals surface area contributed by atoms with Crippen molar-refractivity contribution < 1.29 is 14.6 Å². The Kier molecular flexibility index (Phi) is 6.37.